The van der Waals surface area contributed by atoms with Gasteiger partial charge in [-0.3, -0.25) is 9.78 Å². The second-order valence-corrected chi connectivity index (χ2v) is 6.14. The second-order valence-electron chi connectivity index (χ2n) is 6.14. The lowest BCUT2D eigenvalue weighted by molar-refractivity contribution is -0.132. The van der Waals surface area contributed by atoms with Crippen molar-refractivity contribution in [3.8, 4) is 0 Å². The number of piperidine rings is 1. The first-order chi connectivity index (χ1) is 11.7. The molecular formula is C18H23N5O. The normalized spacial score (nSPS) is 17.5. The summed E-state index contributed by atoms with van der Waals surface area (Å²) in [6.45, 7) is 3.65. The number of pyridine rings is 1. The lowest BCUT2D eigenvalue weighted by Crippen LogP contribution is -2.40. The maximum Gasteiger partial charge on any atom is 0.222 e. The van der Waals surface area contributed by atoms with Gasteiger partial charge < -0.3 is 10.2 Å². The molecule has 1 saturated heterocycles. The SMILES string of the molecule is CCC(=O)N1CCC[C@H](Cc2cnc(Nc3ccccn3)cn2)C1. The van der Waals surface area contributed by atoms with E-state index in [-0.39, 0.29) is 5.91 Å². The number of anilines is 2. The molecule has 1 aliphatic heterocycles. The fourth-order valence-corrected chi connectivity index (χ4v) is 3.07. The molecule has 1 N–H and O–H groups in total. The minimum atomic E-state index is 0.251. The van der Waals surface area contributed by atoms with Crippen LogP contribution in [0.4, 0.5) is 11.6 Å². The summed E-state index contributed by atoms with van der Waals surface area (Å²) in [5, 5.41) is 3.13. The van der Waals surface area contributed by atoms with E-state index in [0.29, 0.717) is 18.2 Å². The minimum absolute atomic E-state index is 0.251. The van der Waals surface area contributed by atoms with Crippen LogP contribution in [0.25, 0.3) is 0 Å². The summed E-state index contributed by atoms with van der Waals surface area (Å²) in [4.78, 5) is 27.0. The van der Waals surface area contributed by atoms with Gasteiger partial charge in [0, 0.05) is 25.7 Å². The molecule has 6 heteroatoms. The molecule has 1 aliphatic rings. The molecule has 0 spiro atoms. The molecule has 24 heavy (non-hydrogen) atoms. The Balaban J connectivity index is 1.57. The molecule has 0 bridgehead atoms. The summed E-state index contributed by atoms with van der Waals surface area (Å²) < 4.78 is 0. The zero-order chi connectivity index (χ0) is 16.8. The molecule has 1 amide bonds. The van der Waals surface area contributed by atoms with Crippen LogP contribution in [0.3, 0.4) is 0 Å². The molecule has 2 aromatic heterocycles. The van der Waals surface area contributed by atoms with Gasteiger partial charge in [0.25, 0.3) is 0 Å². The quantitative estimate of drug-likeness (QED) is 0.915. The predicted octanol–water partition coefficient (Wildman–Crippen LogP) is 2.81. The number of nitrogens with zero attached hydrogens (tertiary/aromatic N) is 4. The summed E-state index contributed by atoms with van der Waals surface area (Å²) >= 11 is 0. The van der Waals surface area contributed by atoms with Gasteiger partial charge in [-0.25, -0.2) is 9.97 Å². The molecule has 126 valence electrons. The van der Waals surface area contributed by atoms with Gasteiger partial charge in [0.2, 0.25) is 5.91 Å². The number of aromatic nitrogens is 3. The second kappa shape index (κ2) is 7.86. The summed E-state index contributed by atoms with van der Waals surface area (Å²) in [6.07, 6.45) is 8.95. The van der Waals surface area contributed by atoms with Crippen molar-refractivity contribution >= 4 is 17.5 Å². The molecular weight excluding hydrogens is 302 g/mol. The average Bonchev–Trinajstić information content (AvgIpc) is 2.64. The van der Waals surface area contributed by atoms with Crippen LogP contribution in [0.15, 0.2) is 36.8 Å². The van der Waals surface area contributed by atoms with E-state index in [4.69, 9.17) is 0 Å². The molecule has 0 unspecified atom stereocenters. The lowest BCUT2D eigenvalue weighted by Gasteiger charge is -2.32. The smallest absolute Gasteiger partial charge is 0.222 e. The predicted molar refractivity (Wildman–Crippen MR) is 92.9 cm³/mol. The highest BCUT2D eigenvalue weighted by Gasteiger charge is 2.23. The van der Waals surface area contributed by atoms with Gasteiger partial charge in [0.15, 0.2) is 0 Å². The Morgan fingerprint density at radius 3 is 2.88 bits per heavy atom. The first-order valence-corrected chi connectivity index (χ1v) is 8.51. The monoisotopic (exact) mass is 325 g/mol. The lowest BCUT2D eigenvalue weighted by atomic mass is 9.93. The van der Waals surface area contributed by atoms with Crippen molar-refractivity contribution in [1.29, 1.82) is 0 Å². The number of hydrogen-bond acceptors (Lipinski definition) is 5. The van der Waals surface area contributed by atoms with Crippen LogP contribution < -0.4 is 5.32 Å². The number of carbonyl (C=O) groups is 1. The fourth-order valence-electron chi connectivity index (χ4n) is 3.07. The van der Waals surface area contributed by atoms with Gasteiger partial charge in [-0.15, -0.1) is 0 Å². The minimum Gasteiger partial charge on any atom is -0.342 e. The zero-order valence-electron chi connectivity index (χ0n) is 14.0. The van der Waals surface area contributed by atoms with Crippen molar-refractivity contribution in [2.75, 3.05) is 18.4 Å². The van der Waals surface area contributed by atoms with Crippen LogP contribution in [0.2, 0.25) is 0 Å². The van der Waals surface area contributed by atoms with E-state index in [9.17, 15) is 4.79 Å². The van der Waals surface area contributed by atoms with E-state index in [1.54, 1.807) is 12.4 Å². The molecule has 3 rings (SSSR count). The maximum absolute atomic E-state index is 11.9. The first-order valence-electron chi connectivity index (χ1n) is 8.51. The summed E-state index contributed by atoms with van der Waals surface area (Å²) in [5.41, 5.74) is 0.970. The molecule has 0 aromatic carbocycles. The van der Waals surface area contributed by atoms with Gasteiger partial charge in [-0.1, -0.05) is 13.0 Å². The highest BCUT2D eigenvalue weighted by atomic mass is 16.2. The Labute approximate surface area is 142 Å². The molecule has 6 nitrogen and oxygen atoms in total. The van der Waals surface area contributed by atoms with E-state index in [1.807, 2.05) is 36.2 Å². The van der Waals surface area contributed by atoms with Gasteiger partial charge >= 0.3 is 0 Å². The van der Waals surface area contributed by atoms with E-state index in [0.717, 1.165) is 43.9 Å². The van der Waals surface area contributed by atoms with E-state index < -0.39 is 0 Å². The van der Waals surface area contributed by atoms with Gasteiger partial charge in [0.05, 0.1) is 18.1 Å². The van der Waals surface area contributed by atoms with E-state index in [2.05, 4.69) is 20.3 Å². The molecule has 1 fully saturated rings. The van der Waals surface area contributed by atoms with Crippen LogP contribution in [0.1, 0.15) is 31.9 Å². The Hall–Kier alpha value is -2.50. The van der Waals surface area contributed by atoms with Crippen molar-refractivity contribution < 1.29 is 4.79 Å². The van der Waals surface area contributed by atoms with Crippen LogP contribution in [-0.2, 0) is 11.2 Å². The Bertz CT molecular complexity index is 659. The third kappa shape index (κ3) is 4.28. The topological polar surface area (TPSA) is 71.0 Å². The highest BCUT2D eigenvalue weighted by molar-refractivity contribution is 5.75. The largest absolute Gasteiger partial charge is 0.342 e. The maximum atomic E-state index is 11.9. The number of nitrogens with one attached hydrogen (secondary N) is 1. The average molecular weight is 325 g/mol. The molecule has 3 heterocycles. The number of hydrogen-bond donors (Lipinski definition) is 1. The Morgan fingerprint density at radius 2 is 2.17 bits per heavy atom. The molecule has 0 saturated carbocycles. The first kappa shape index (κ1) is 16.4. The van der Waals surface area contributed by atoms with Crippen LogP contribution in [-0.4, -0.2) is 38.8 Å². The third-order valence-corrected chi connectivity index (χ3v) is 4.30. The van der Waals surface area contributed by atoms with Gasteiger partial charge in [0.1, 0.15) is 11.6 Å². The standard InChI is InChI=1S/C18H23N5O/c1-2-18(24)23-9-5-6-14(13-23)10-15-11-21-17(12-20-15)22-16-7-3-4-8-19-16/h3-4,7-8,11-12,14H,2,5-6,9-10,13H2,1H3,(H,19,21,22)/t14-/m1/s1. The number of carbonyl (C=O) groups excluding carboxylic acids is 1. The summed E-state index contributed by atoms with van der Waals surface area (Å²) in [7, 11) is 0. The van der Waals surface area contributed by atoms with E-state index in [1.165, 1.54) is 0 Å². The third-order valence-electron chi connectivity index (χ3n) is 4.30. The van der Waals surface area contributed by atoms with Crippen molar-refractivity contribution in [2.24, 2.45) is 5.92 Å². The molecule has 0 radical (unpaired) electrons. The summed E-state index contributed by atoms with van der Waals surface area (Å²) in [5.74, 6) is 2.16. The van der Waals surface area contributed by atoms with Crippen molar-refractivity contribution in [2.45, 2.75) is 32.6 Å². The number of rotatable bonds is 5. The summed E-state index contributed by atoms with van der Waals surface area (Å²) in [6, 6.07) is 5.68. The van der Waals surface area contributed by atoms with Crippen molar-refractivity contribution in [1.82, 2.24) is 19.9 Å². The molecule has 0 aliphatic carbocycles. The number of amides is 1. The highest BCUT2D eigenvalue weighted by Crippen LogP contribution is 2.21. The molecule has 2 aromatic rings. The zero-order valence-corrected chi connectivity index (χ0v) is 14.0. The van der Waals surface area contributed by atoms with Gasteiger partial charge in [-0.2, -0.15) is 0 Å². The Kier molecular flexibility index (Phi) is 5.36. The van der Waals surface area contributed by atoms with Crippen molar-refractivity contribution in [3.63, 3.8) is 0 Å². The number of likely N-dealkylation sites (tertiary alicyclic amines) is 1. The van der Waals surface area contributed by atoms with Crippen LogP contribution in [0, 0.1) is 5.92 Å². The van der Waals surface area contributed by atoms with Crippen LogP contribution >= 0.6 is 0 Å². The Morgan fingerprint density at radius 1 is 1.25 bits per heavy atom. The molecule has 1 atom stereocenters. The van der Waals surface area contributed by atoms with Gasteiger partial charge in [-0.05, 0) is 37.3 Å². The fraction of sp³-hybridized carbons (Fsp3) is 0.444. The van der Waals surface area contributed by atoms with Crippen LogP contribution in [0.5, 0.6) is 0 Å². The van der Waals surface area contributed by atoms with Crippen molar-refractivity contribution in [3.05, 3.63) is 42.5 Å². The van der Waals surface area contributed by atoms with E-state index >= 15 is 0 Å².